The van der Waals surface area contributed by atoms with Gasteiger partial charge in [-0.15, -0.1) is 0 Å². The molecule has 0 saturated carbocycles. The largest absolute Gasteiger partial charge is 0.472 e. The van der Waals surface area contributed by atoms with Crippen LogP contribution in [0.25, 0.3) is 11.2 Å². The van der Waals surface area contributed by atoms with Crippen molar-refractivity contribution in [3.63, 3.8) is 0 Å². The molecule has 0 radical (unpaired) electrons. The second-order valence-electron chi connectivity index (χ2n) is 8.70. The molecule has 206 valence electrons. The number of nitrogens with zero attached hydrogens (tertiary/aromatic N) is 4. The normalized spacial score (nSPS) is 27.2. The predicted molar refractivity (Wildman–Crippen MR) is 128 cm³/mol. The quantitative estimate of drug-likeness (QED) is 0.179. The van der Waals surface area contributed by atoms with E-state index in [2.05, 4.69) is 15.0 Å². The van der Waals surface area contributed by atoms with E-state index in [9.17, 15) is 28.5 Å². The fourth-order valence-corrected chi connectivity index (χ4v) is 5.29. The van der Waals surface area contributed by atoms with Gasteiger partial charge in [0.25, 0.3) is 5.56 Å². The van der Waals surface area contributed by atoms with Gasteiger partial charge < -0.3 is 30.2 Å². The standard InChI is InChI=1S/C19H23FN7O9PS/c20-9-4-26(19(30)24-16(9)29)12-2-1-8(35-12)5-33-37(31,32)34-6-11-10(28)3-13(36-11)27-7-22-14-15(27)23-18(21)25-17(14)38/h4,7-8,10-13,28H,1-3,5-6H2,(H,31,32)(H,24,29,30)(H3,21,23,25,38)/t8-,10+,11+,12+,13+/m0/s1. The van der Waals surface area contributed by atoms with Crippen molar-refractivity contribution < 1.29 is 37.5 Å². The summed E-state index contributed by atoms with van der Waals surface area (Å²) in [6, 6.07) is 0. The van der Waals surface area contributed by atoms with Crippen LogP contribution in [-0.4, -0.2) is 70.6 Å². The highest BCUT2D eigenvalue weighted by molar-refractivity contribution is 7.71. The second kappa shape index (κ2) is 10.4. The number of phosphoric acid groups is 1. The summed E-state index contributed by atoms with van der Waals surface area (Å²) in [7, 11) is -4.58. The Morgan fingerprint density at radius 3 is 2.76 bits per heavy atom. The van der Waals surface area contributed by atoms with Crippen LogP contribution in [0.2, 0.25) is 0 Å². The van der Waals surface area contributed by atoms with Gasteiger partial charge in [0.2, 0.25) is 5.82 Å². The fourth-order valence-electron chi connectivity index (χ4n) is 4.28. The number of nitrogens with two attached hydrogens (primary N) is 1. The maximum atomic E-state index is 13.5. The molecule has 2 aliphatic rings. The predicted octanol–water partition coefficient (Wildman–Crippen LogP) is 0.220. The molecule has 0 spiro atoms. The van der Waals surface area contributed by atoms with E-state index in [0.29, 0.717) is 17.6 Å². The lowest BCUT2D eigenvalue weighted by Gasteiger charge is -2.19. The van der Waals surface area contributed by atoms with Crippen molar-refractivity contribution in [3.8, 4) is 0 Å². The Morgan fingerprint density at radius 2 is 1.97 bits per heavy atom. The molecular weight excluding hydrogens is 552 g/mol. The van der Waals surface area contributed by atoms with Crippen LogP contribution in [0.3, 0.4) is 0 Å². The van der Waals surface area contributed by atoms with Gasteiger partial charge in [0.1, 0.15) is 29.7 Å². The summed E-state index contributed by atoms with van der Waals surface area (Å²) in [6.45, 7) is -0.824. The summed E-state index contributed by atoms with van der Waals surface area (Å²) in [6.07, 6.45) is -1.37. The van der Waals surface area contributed by atoms with Crippen molar-refractivity contribution in [3.05, 3.63) is 43.8 Å². The molecular formula is C19H23FN7O9PS. The third-order valence-corrected chi connectivity index (χ3v) is 7.36. The van der Waals surface area contributed by atoms with Gasteiger partial charge >= 0.3 is 13.5 Å². The number of hydrogen-bond acceptors (Lipinski definition) is 12. The average Bonchev–Trinajstić information content (AvgIpc) is 3.57. The number of anilines is 1. The third-order valence-electron chi connectivity index (χ3n) is 6.12. The highest BCUT2D eigenvalue weighted by Crippen LogP contribution is 2.45. The molecule has 6 atom stereocenters. The highest BCUT2D eigenvalue weighted by Gasteiger charge is 2.38. The Kier molecular flexibility index (Phi) is 7.31. The molecule has 3 aromatic heterocycles. The molecule has 2 aliphatic heterocycles. The zero-order valence-electron chi connectivity index (χ0n) is 19.4. The lowest BCUT2D eigenvalue weighted by molar-refractivity contribution is -0.0496. The molecule has 19 heteroatoms. The first-order valence-corrected chi connectivity index (χ1v) is 13.3. The number of imidazole rings is 1. The molecule has 0 aromatic carbocycles. The molecule has 2 fully saturated rings. The number of aromatic amines is 2. The second-order valence-corrected chi connectivity index (χ2v) is 10.5. The van der Waals surface area contributed by atoms with Crippen molar-refractivity contribution in [2.75, 3.05) is 18.9 Å². The van der Waals surface area contributed by atoms with Crippen molar-refractivity contribution in [2.45, 2.75) is 50.0 Å². The number of halogens is 1. The zero-order valence-corrected chi connectivity index (χ0v) is 21.1. The molecule has 3 aromatic rings. The Labute approximate surface area is 216 Å². The summed E-state index contributed by atoms with van der Waals surface area (Å²) in [5.74, 6) is -1.07. The van der Waals surface area contributed by atoms with Crippen molar-refractivity contribution in [1.29, 1.82) is 0 Å². The Morgan fingerprint density at radius 1 is 1.21 bits per heavy atom. The van der Waals surface area contributed by atoms with Crippen LogP contribution in [0.1, 0.15) is 31.7 Å². The molecule has 0 amide bonds. The molecule has 2 saturated heterocycles. The maximum absolute atomic E-state index is 13.5. The summed E-state index contributed by atoms with van der Waals surface area (Å²) in [5.41, 5.74) is 4.57. The van der Waals surface area contributed by atoms with E-state index in [4.69, 9.17) is 36.5 Å². The van der Waals surface area contributed by atoms with E-state index in [-0.39, 0.29) is 30.0 Å². The van der Waals surface area contributed by atoms with Gasteiger partial charge in [-0.25, -0.2) is 19.3 Å². The van der Waals surface area contributed by atoms with Crippen LogP contribution in [0.4, 0.5) is 10.3 Å². The van der Waals surface area contributed by atoms with E-state index < -0.39 is 62.3 Å². The lowest BCUT2D eigenvalue weighted by Crippen LogP contribution is -2.34. The lowest BCUT2D eigenvalue weighted by atomic mass is 10.2. The molecule has 6 N–H and O–H groups in total. The first-order valence-electron chi connectivity index (χ1n) is 11.3. The van der Waals surface area contributed by atoms with Gasteiger partial charge in [-0.3, -0.25) is 28.0 Å². The number of nitrogens with one attached hydrogen (secondary N) is 2. The first kappa shape index (κ1) is 26.8. The van der Waals surface area contributed by atoms with Gasteiger partial charge in [-0.05, 0) is 12.8 Å². The van der Waals surface area contributed by atoms with E-state index in [1.807, 2.05) is 4.98 Å². The van der Waals surface area contributed by atoms with Crippen LogP contribution in [0.15, 0.2) is 22.1 Å². The third kappa shape index (κ3) is 5.48. The molecule has 0 aliphatic carbocycles. The first-order chi connectivity index (χ1) is 18.0. The van der Waals surface area contributed by atoms with Crippen LogP contribution < -0.4 is 17.0 Å². The number of hydrogen-bond donors (Lipinski definition) is 5. The number of nitrogen functional groups attached to an aromatic ring is 1. The number of H-pyrrole nitrogens is 2. The van der Waals surface area contributed by atoms with Crippen LogP contribution in [-0.2, 0) is 23.1 Å². The summed E-state index contributed by atoms with van der Waals surface area (Å²) in [4.78, 5) is 46.0. The minimum atomic E-state index is -4.58. The molecule has 16 nitrogen and oxygen atoms in total. The van der Waals surface area contributed by atoms with Gasteiger partial charge in [0.05, 0.1) is 37.9 Å². The monoisotopic (exact) mass is 575 g/mol. The Hall–Kier alpha value is -2.83. The van der Waals surface area contributed by atoms with E-state index in [0.717, 1.165) is 10.8 Å². The summed E-state index contributed by atoms with van der Waals surface area (Å²) in [5, 5.41) is 10.4. The number of fused-ring (bicyclic) bond motifs is 1. The molecule has 5 heterocycles. The molecule has 1 unspecified atom stereocenters. The van der Waals surface area contributed by atoms with Gasteiger partial charge in [-0.2, -0.15) is 4.39 Å². The Balaban J connectivity index is 1.14. The van der Waals surface area contributed by atoms with Gasteiger partial charge in [0.15, 0.2) is 10.6 Å². The Bertz CT molecular complexity index is 1570. The zero-order chi connectivity index (χ0) is 27.2. The van der Waals surface area contributed by atoms with Crippen LogP contribution in [0, 0.1) is 10.5 Å². The minimum absolute atomic E-state index is 0.0801. The summed E-state index contributed by atoms with van der Waals surface area (Å²) < 4.78 is 50.0. The number of aromatic nitrogens is 6. The SMILES string of the molecule is Nc1nc(=S)c2ncn([C@H]3C[C@@H](O)[C@@H](COP(=O)(O)OC[C@@H]4CC[C@H](n5cc(F)c(=O)[nH]c5=O)O4)O3)c2[nH]1. The molecule has 38 heavy (non-hydrogen) atoms. The van der Waals surface area contributed by atoms with Gasteiger partial charge in [0, 0.05) is 6.42 Å². The van der Waals surface area contributed by atoms with E-state index in [1.54, 1.807) is 4.57 Å². The molecule has 5 rings (SSSR count). The topological polar surface area (TPSA) is 222 Å². The smallest absolute Gasteiger partial charge is 0.390 e. The van der Waals surface area contributed by atoms with Gasteiger partial charge in [-0.1, -0.05) is 12.2 Å². The maximum Gasteiger partial charge on any atom is 0.472 e. The van der Waals surface area contributed by atoms with Crippen LogP contribution in [0.5, 0.6) is 0 Å². The number of aliphatic hydroxyl groups is 1. The van der Waals surface area contributed by atoms with Crippen molar-refractivity contribution in [1.82, 2.24) is 29.1 Å². The van der Waals surface area contributed by atoms with Crippen molar-refractivity contribution >= 4 is 37.2 Å². The van der Waals surface area contributed by atoms with E-state index in [1.165, 1.54) is 6.33 Å². The van der Waals surface area contributed by atoms with Crippen molar-refractivity contribution in [2.24, 2.45) is 0 Å². The van der Waals surface area contributed by atoms with E-state index >= 15 is 0 Å². The van der Waals surface area contributed by atoms with Crippen LogP contribution >= 0.6 is 20.0 Å². The number of aliphatic hydroxyl groups excluding tert-OH is 1. The average molecular weight is 575 g/mol. The fraction of sp³-hybridized carbons (Fsp3) is 0.526. The number of phosphoric ester groups is 1. The summed E-state index contributed by atoms with van der Waals surface area (Å²) >= 11 is 5.15. The molecule has 0 bridgehead atoms. The number of ether oxygens (including phenoxy) is 2. The number of rotatable bonds is 8. The minimum Gasteiger partial charge on any atom is -0.390 e. The highest BCUT2D eigenvalue weighted by atomic mass is 32.1.